The van der Waals surface area contributed by atoms with E-state index in [0.29, 0.717) is 32.3 Å². The fourth-order valence-corrected chi connectivity index (χ4v) is 4.69. The highest BCUT2D eigenvalue weighted by atomic mass is 79.9. The lowest BCUT2D eigenvalue weighted by molar-refractivity contribution is -0.112. The van der Waals surface area contributed by atoms with E-state index >= 15 is 0 Å². The highest BCUT2D eigenvalue weighted by Crippen LogP contribution is 2.45. The Kier molecular flexibility index (Phi) is 4.55. The molecule has 9 heteroatoms. The van der Waals surface area contributed by atoms with E-state index < -0.39 is 12.2 Å². The summed E-state index contributed by atoms with van der Waals surface area (Å²) in [5.41, 5.74) is 7.04. The Morgan fingerprint density at radius 3 is 2.53 bits per heavy atom. The van der Waals surface area contributed by atoms with E-state index in [4.69, 9.17) is 20.5 Å². The van der Waals surface area contributed by atoms with Crippen LogP contribution in [0.2, 0.25) is 0 Å². The summed E-state index contributed by atoms with van der Waals surface area (Å²) in [6, 6.07) is 14.3. The van der Waals surface area contributed by atoms with Crippen molar-refractivity contribution in [3.05, 3.63) is 64.1 Å². The smallest absolute Gasteiger partial charge is 0.387 e. The molecule has 3 aliphatic heterocycles. The summed E-state index contributed by atoms with van der Waals surface area (Å²) in [7, 11) is 0. The van der Waals surface area contributed by atoms with E-state index in [0.717, 1.165) is 21.4 Å². The Bertz CT molecular complexity index is 1040. The molecule has 3 heterocycles. The van der Waals surface area contributed by atoms with Crippen molar-refractivity contribution >= 4 is 27.7 Å². The predicted molar refractivity (Wildman–Crippen MR) is 112 cm³/mol. The molecule has 6 nitrogen and oxygen atoms in total. The molecule has 1 unspecified atom stereocenters. The first-order valence-corrected chi connectivity index (χ1v) is 10.3. The average Bonchev–Trinajstić information content (AvgIpc) is 3.00. The van der Waals surface area contributed by atoms with Gasteiger partial charge in [-0.05, 0) is 35.4 Å². The zero-order valence-electron chi connectivity index (χ0n) is 15.9. The van der Waals surface area contributed by atoms with Gasteiger partial charge in [-0.3, -0.25) is 9.89 Å². The normalized spacial score (nSPS) is 24.3. The molecule has 0 aliphatic carbocycles. The van der Waals surface area contributed by atoms with E-state index in [9.17, 15) is 8.78 Å². The summed E-state index contributed by atoms with van der Waals surface area (Å²) in [5.74, 6) is 1.20. The van der Waals surface area contributed by atoms with E-state index in [2.05, 4.69) is 20.7 Å². The third kappa shape index (κ3) is 2.99. The minimum absolute atomic E-state index is 0.0358. The van der Waals surface area contributed by atoms with Crippen LogP contribution in [0.25, 0.3) is 0 Å². The van der Waals surface area contributed by atoms with Crippen LogP contribution in [0.15, 0.2) is 63.0 Å². The molecule has 0 amide bonds. The molecule has 30 heavy (non-hydrogen) atoms. The van der Waals surface area contributed by atoms with Gasteiger partial charge in [0.05, 0.1) is 25.2 Å². The molecule has 1 saturated heterocycles. The summed E-state index contributed by atoms with van der Waals surface area (Å²) in [5, 5.41) is 0. The maximum absolute atomic E-state index is 12.6. The van der Waals surface area contributed by atoms with Gasteiger partial charge in [-0.25, -0.2) is 4.99 Å². The number of guanidine groups is 1. The van der Waals surface area contributed by atoms with Crippen LogP contribution in [0, 0.1) is 5.41 Å². The Labute approximate surface area is 180 Å². The third-order valence-corrected chi connectivity index (χ3v) is 6.25. The van der Waals surface area contributed by atoms with Gasteiger partial charge in [0.15, 0.2) is 11.5 Å². The summed E-state index contributed by atoms with van der Waals surface area (Å²) >= 11 is 3.53. The minimum Gasteiger partial charge on any atom is -0.435 e. The van der Waals surface area contributed by atoms with Gasteiger partial charge in [0.2, 0.25) is 0 Å². The van der Waals surface area contributed by atoms with Gasteiger partial charge < -0.3 is 15.2 Å². The van der Waals surface area contributed by atoms with Crippen molar-refractivity contribution < 1.29 is 18.3 Å². The molecule has 0 aromatic heterocycles. The molecule has 2 aromatic carbocycles. The monoisotopic (exact) mass is 476 g/mol. The minimum atomic E-state index is -2.88. The number of fused-ring (bicyclic) bond motifs is 1. The maximum atomic E-state index is 12.6. The van der Waals surface area contributed by atoms with E-state index in [1.54, 1.807) is 12.1 Å². The van der Waals surface area contributed by atoms with Crippen molar-refractivity contribution in [1.82, 2.24) is 4.90 Å². The topological polar surface area (TPSA) is 72.4 Å². The molecule has 0 radical (unpaired) electrons. The quantitative estimate of drug-likeness (QED) is 0.734. The Morgan fingerprint density at radius 2 is 1.90 bits per heavy atom. The van der Waals surface area contributed by atoms with Crippen molar-refractivity contribution in [3.63, 3.8) is 0 Å². The largest absolute Gasteiger partial charge is 0.435 e. The van der Waals surface area contributed by atoms with Crippen molar-refractivity contribution in [2.24, 2.45) is 21.1 Å². The van der Waals surface area contributed by atoms with E-state index in [1.165, 1.54) is 12.1 Å². The van der Waals surface area contributed by atoms with Crippen molar-refractivity contribution in [1.29, 1.82) is 0 Å². The first kappa shape index (κ1) is 19.4. The van der Waals surface area contributed by atoms with Crippen LogP contribution < -0.4 is 10.5 Å². The van der Waals surface area contributed by atoms with Crippen LogP contribution in [0.1, 0.15) is 11.1 Å². The van der Waals surface area contributed by atoms with Crippen LogP contribution in [0.3, 0.4) is 0 Å². The Hall–Kier alpha value is -2.52. The van der Waals surface area contributed by atoms with Gasteiger partial charge in [0, 0.05) is 11.0 Å². The standard InChI is InChI=1S/C21H19BrF2N4O2/c22-15-3-1-2-14(8-15)21(13-4-6-16(7-5-13)30-18(23)24)17-26-9-20(11-29-12-20)10-28(17)19(25)27-21/h1-8,18H,9-12H2,(H2,25,27). The number of rotatable bonds is 4. The second-order valence-corrected chi connectivity index (χ2v) is 8.73. The van der Waals surface area contributed by atoms with Crippen LogP contribution in [0.5, 0.6) is 5.75 Å². The molecule has 1 fully saturated rings. The lowest BCUT2D eigenvalue weighted by Crippen LogP contribution is -2.60. The fraction of sp³-hybridized carbons (Fsp3) is 0.333. The number of nitrogens with two attached hydrogens (primary N) is 1. The first-order valence-electron chi connectivity index (χ1n) is 9.49. The summed E-state index contributed by atoms with van der Waals surface area (Å²) in [6.45, 7) is -0.268. The molecule has 3 aliphatic rings. The van der Waals surface area contributed by atoms with Gasteiger partial charge in [-0.15, -0.1) is 0 Å². The van der Waals surface area contributed by atoms with Crippen molar-refractivity contribution in [3.8, 4) is 5.75 Å². The molecule has 156 valence electrons. The van der Waals surface area contributed by atoms with Crippen LogP contribution in [0.4, 0.5) is 8.78 Å². The summed E-state index contributed by atoms with van der Waals surface area (Å²) in [6.07, 6.45) is 0. The molecule has 2 aromatic rings. The van der Waals surface area contributed by atoms with Gasteiger partial charge in [-0.1, -0.05) is 40.2 Å². The van der Waals surface area contributed by atoms with Crippen LogP contribution in [-0.2, 0) is 10.3 Å². The molecule has 0 saturated carbocycles. The number of ether oxygens (including phenoxy) is 2. The number of nitrogens with zero attached hydrogens (tertiary/aromatic N) is 3. The zero-order valence-corrected chi connectivity index (χ0v) is 17.5. The van der Waals surface area contributed by atoms with Crippen LogP contribution >= 0.6 is 15.9 Å². The molecular formula is C21H19BrF2N4O2. The molecule has 0 bridgehead atoms. The SMILES string of the molecule is NC1=NC(c2ccc(OC(F)F)cc2)(c2cccc(Br)c2)C2=NCC3(COC3)CN12. The molecule has 1 atom stereocenters. The maximum Gasteiger partial charge on any atom is 0.387 e. The number of hydrogen-bond donors (Lipinski definition) is 1. The average molecular weight is 477 g/mol. The summed E-state index contributed by atoms with van der Waals surface area (Å²) < 4.78 is 36.0. The molecule has 5 rings (SSSR count). The Balaban J connectivity index is 1.65. The van der Waals surface area contributed by atoms with E-state index in [-0.39, 0.29) is 11.2 Å². The fourth-order valence-electron chi connectivity index (χ4n) is 4.29. The highest BCUT2D eigenvalue weighted by molar-refractivity contribution is 9.10. The Morgan fingerprint density at radius 1 is 1.13 bits per heavy atom. The summed E-state index contributed by atoms with van der Waals surface area (Å²) in [4.78, 5) is 11.8. The van der Waals surface area contributed by atoms with Gasteiger partial charge >= 0.3 is 6.61 Å². The molecular weight excluding hydrogens is 458 g/mol. The van der Waals surface area contributed by atoms with Gasteiger partial charge in [0.25, 0.3) is 0 Å². The van der Waals surface area contributed by atoms with Crippen molar-refractivity contribution in [2.75, 3.05) is 26.3 Å². The number of alkyl halides is 2. The van der Waals surface area contributed by atoms with Crippen molar-refractivity contribution in [2.45, 2.75) is 12.2 Å². The number of halogens is 3. The number of benzene rings is 2. The van der Waals surface area contributed by atoms with Gasteiger partial charge in [-0.2, -0.15) is 8.78 Å². The first-order chi connectivity index (χ1) is 14.4. The number of aliphatic imine (C=N–C) groups is 2. The number of hydrogen-bond acceptors (Lipinski definition) is 6. The van der Waals surface area contributed by atoms with Gasteiger partial charge in [0.1, 0.15) is 11.6 Å². The molecule has 2 N–H and O–H groups in total. The lowest BCUT2D eigenvalue weighted by atomic mass is 9.79. The predicted octanol–water partition coefficient (Wildman–Crippen LogP) is 3.35. The highest BCUT2D eigenvalue weighted by Gasteiger charge is 2.54. The lowest BCUT2D eigenvalue weighted by Gasteiger charge is -2.47. The van der Waals surface area contributed by atoms with E-state index in [1.807, 2.05) is 29.2 Å². The zero-order chi connectivity index (χ0) is 20.9. The molecule has 1 spiro atoms. The second kappa shape index (κ2) is 7.02. The number of amidine groups is 1. The second-order valence-electron chi connectivity index (χ2n) is 7.81. The van der Waals surface area contributed by atoms with Crippen LogP contribution in [-0.4, -0.2) is 49.6 Å². The third-order valence-electron chi connectivity index (χ3n) is 5.75.